The molecule has 138 valence electrons. The lowest BCUT2D eigenvalue weighted by molar-refractivity contribution is 0.102. The summed E-state index contributed by atoms with van der Waals surface area (Å²) in [5.41, 5.74) is 2.19. The number of anilines is 2. The molecule has 2 aromatic rings. The highest BCUT2D eigenvalue weighted by atomic mass is 35.5. The highest BCUT2D eigenvalue weighted by Crippen LogP contribution is 2.31. The fraction of sp³-hybridized carbons (Fsp3) is 0.278. The minimum Gasteiger partial charge on any atom is -0.496 e. The first-order valence-electron chi connectivity index (χ1n) is 8.08. The van der Waals surface area contributed by atoms with Crippen molar-refractivity contribution in [1.82, 2.24) is 0 Å². The summed E-state index contributed by atoms with van der Waals surface area (Å²) in [6, 6.07) is 9.92. The van der Waals surface area contributed by atoms with Gasteiger partial charge in [0.1, 0.15) is 5.75 Å². The van der Waals surface area contributed by atoms with E-state index in [2.05, 4.69) is 5.32 Å². The Bertz CT molecular complexity index is 960. The zero-order valence-electron chi connectivity index (χ0n) is 14.5. The second-order valence-corrected chi connectivity index (χ2v) is 8.46. The van der Waals surface area contributed by atoms with Crippen LogP contribution in [0.2, 0.25) is 5.02 Å². The van der Waals surface area contributed by atoms with Gasteiger partial charge in [-0.3, -0.25) is 9.10 Å². The third-order valence-electron chi connectivity index (χ3n) is 4.26. The lowest BCUT2D eigenvalue weighted by Gasteiger charge is -2.18. The first kappa shape index (κ1) is 18.5. The van der Waals surface area contributed by atoms with Crippen LogP contribution in [0.4, 0.5) is 11.4 Å². The summed E-state index contributed by atoms with van der Waals surface area (Å²) in [7, 11) is -1.76. The van der Waals surface area contributed by atoms with Crippen molar-refractivity contribution in [2.75, 3.05) is 29.0 Å². The van der Waals surface area contributed by atoms with Crippen LogP contribution in [-0.2, 0) is 10.0 Å². The Kier molecular flexibility index (Phi) is 5.11. The van der Waals surface area contributed by atoms with Crippen molar-refractivity contribution in [3.05, 3.63) is 52.5 Å². The molecule has 0 atom stereocenters. The molecule has 6 nitrogen and oxygen atoms in total. The molecule has 0 bridgehead atoms. The summed E-state index contributed by atoms with van der Waals surface area (Å²) >= 11 is 6.18. The van der Waals surface area contributed by atoms with Gasteiger partial charge in [-0.25, -0.2) is 8.42 Å². The number of nitrogens with zero attached hydrogens (tertiary/aromatic N) is 1. The van der Waals surface area contributed by atoms with Gasteiger partial charge in [-0.2, -0.15) is 0 Å². The van der Waals surface area contributed by atoms with Crippen LogP contribution < -0.4 is 14.4 Å². The van der Waals surface area contributed by atoms with Gasteiger partial charge < -0.3 is 10.1 Å². The molecule has 0 aromatic heterocycles. The normalized spacial score (nSPS) is 15.7. The lowest BCUT2D eigenvalue weighted by Crippen LogP contribution is -2.25. The van der Waals surface area contributed by atoms with E-state index in [-0.39, 0.29) is 11.7 Å². The van der Waals surface area contributed by atoms with Crippen molar-refractivity contribution in [2.45, 2.75) is 13.3 Å². The number of rotatable bonds is 4. The number of halogens is 1. The summed E-state index contributed by atoms with van der Waals surface area (Å²) in [5.74, 6) is 0.382. The maximum absolute atomic E-state index is 12.5. The maximum atomic E-state index is 12.5. The van der Waals surface area contributed by atoms with Gasteiger partial charge in [-0.15, -0.1) is 0 Å². The average molecular weight is 395 g/mol. The topological polar surface area (TPSA) is 75.7 Å². The zero-order valence-corrected chi connectivity index (χ0v) is 16.0. The van der Waals surface area contributed by atoms with Crippen LogP contribution in [-0.4, -0.2) is 33.7 Å². The number of nitrogens with one attached hydrogen (secondary N) is 1. The molecule has 26 heavy (non-hydrogen) atoms. The van der Waals surface area contributed by atoms with Gasteiger partial charge in [0.2, 0.25) is 10.0 Å². The van der Waals surface area contributed by atoms with Crippen molar-refractivity contribution >= 4 is 38.9 Å². The van der Waals surface area contributed by atoms with E-state index < -0.39 is 10.0 Å². The van der Waals surface area contributed by atoms with E-state index in [1.807, 2.05) is 6.92 Å². The Balaban J connectivity index is 1.88. The number of benzene rings is 2. The lowest BCUT2D eigenvalue weighted by atomic mass is 10.1. The number of carbonyl (C=O) groups is 1. The van der Waals surface area contributed by atoms with Crippen molar-refractivity contribution in [3.8, 4) is 5.75 Å². The SMILES string of the molecule is COc1cc(C(=O)Nc2cc(N3CCCS3(=O)=O)ccc2Cl)ccc1C. The molecular formula is C18H19ClN2O4S. The smallest absolute Gasteiger partial charge is 0.255 e. The van der Waals surface area contributed by atoms with E-state index in [1.165, 1.54) is 4.31 Å². The maximum Gasteiger partial charge on any atom is 0.255 e. The van der Waals surface area contributed by atoms with Crippen molar-refractivity contribution in [1.29, 1.82) is 0 Å². The fourth-order valence-corrected chi connectivity index (χ4v) is 4.57. The number of aryl methyl sites for hydroxylation is 1. The predicted octanol–water partition coefficient (Wildman–Crippen LogP) is 3.45. The molecule has 3 rings (SSSR count). The Hall–Kier alpha value is -2.25. The molecule has 0 saturated carbocycles. The molecule has 0 aliphatic carbocycles. The average Bonchev–Trinajstić information content (AvgIpc) is 2.96. The summed E-state index contributed by atoms with van der Waals surface area (Å²) in [4.78, 5) is 12.5. The second-order valence-electron chi connectivity index (χ2n) is 6.04. The number of amides is 1. The van der Waals surface area contributed by atoms with Crippen molar-refractivity contribution < 1.29 is 17.9 Å². The van der Waals surface area contributed by atoms with Gasteiger partial charge in [0.15, 0.2) is 0 Å². The van der Waals surface area contributed by atoms with Crippen molar-refractivity contribution in [2.24, 2.45) is 0 Å². The Morgan fingerprint density at radius 2 is 2.00 bits per heavy atom. The molecule has 0 radical (unpaired) electrons. The van der Waals surface area contributed by atoms with Crippen LogP contribution in [0, 0.1) is 6.92 Å². The third kappa shape index (κ3) is 3.64. The monoisotopic (exact) mass is 394 g/mol. The largest absolute Gasteiger partial charge is 0.496 e. The highest BCUT2D eigenvalue weighted by molar-refractivity contribution is 7.93. The van der Waals surface area contributed by atoms with Crippen LogP contribution in [0.15, 0.2) is 36.4 Å². The minimum atomic E-state index is -3.30. The Labute approximate surface area is 157 Å². The summed E-state index contributed by atoms with van der Waals surface area (Å²) in [6.45, 7) is 2.31. The van der Waals surface area contributed by atoms with Crippen LogP contribution in [0.3, 0.4) is 0 Å². The molecule has 1 fully saturated rings. The number of hydrogen-bond donors (Lipinski definition) is 1. The number of ether oxygens (including phenoxy) is 1. The van der Waals surface area contributed by atoms with E-state index in [0.717, 1.165) is 5.56 Å². The molecule has 1 N–H and O–H groups in total. The first-order valence-corrected chi connectivity index (χ1v) is 10.1. The molecule has 0 unspecified atom stereocenters. The number of hydrogen-bond acceptors (Lipinski definition) is 4. The van der Waals surface area contributed by atoms with Gasteiger partial charge in [0, 0.05) is 12.1 Å². The molecule has 1 heterocycles. The van der Waals surface area contributed by atoms with E-state index in [1.54, 1.807) is 43.5 Å². The molecule has 0 spiro atoms. The number of carbonyl (C=O) groups excluding carboxylic acids is 1. The zero-order chi connectivity index (χ0) is 18.9. The van der Waals surface area contributed by atoms with Gasteiger partial charge in [0.25, 0.3) is 5.91 Å². The number of methoxy groups -OCH3 is 1. The fourth-order valence-electron chi connectivity index (χ4n) is 2.85. The number of sulfonamides is 1. The van der Waals surface area contributed by atoms with Crippen LogP contribution in [0.1, 0.15) is 22.3 Å². The molecular weight excluding hydrogens is 376 g/mol. The van der Waals surface area contributed by atoms with E-state index in [9.17, 15) is 13.2 Å². The van der Waals surface area contributed by atoms with Gasteiger partial charge in [-0.1, -0.05) is 17.7 Å². The molecule has 2 aromatic carbocycles. The summed E-state index contributed by atoms with van der Waals surface area (Å²) < 4.78 is 30.8. The molecule has 1 amide bonds. The van der Waals surface area contributed by atoms with Crippen LogP contribution in [0.5, 0.6) is 5.75 Å². The highest BCUT2D eigenvalue weighted by Gasteiger charge is 2.28. The van der Waals surface area contributed by atoms with Crippen molar-refractivity contribution in [3.63, 3.8) is 0 Å². The second kappa shape index (κ2) is 7.17. The summed E-state index contributed by atoms with van der Waals surface area (Å²) in [6.07, 6.45) is 0.579. The Morgan fingerprint density at radius 1 is 1.23 bits per heavy atom. The third-order valence-corrected chi connectivity index (χ3v) is 6.45. The van der Waals surface area contributed by atoms with Crippen LogP contribution >= 0.6 is 11.6 Å². The predicted molar refractivity (Wildman–Crippen MR) is 103 cm³/mol. The van der Waals surface area contributed by atoms with E-state index in [4.69, 9.17) is 16.3 Å². The first-order chi connectivity index (χ1) is 12.3. The standard InChI is InChI=1S/C18H19ClN2O4S/c1-12-4-5-13(10-17(12)25-2)18(22)20-16-11-14(6-7-15(16)19)21-8-3-9-26(21,23)24/h4-7,10-11H,3,8-9H2,1-2H3,(H,20,22). The molecule has 1 saturated heterocycles. The minimum absolute atomic E-state index is 0.125. The van der Waals surface area contributed by atoms with Crippen LogP contribution in [0.25, 0.3) is 0 Å². The molecule has 1 aliphatic rings. The van der Waals surface area contributed by atoms with E-state index >= 15 is 0 Å². The quantitative estimate of drug-likeness (QED) is 0.861. The van der Waals surface area contributed by atoms with Gasteiger partial charge in [-0.05, 0) is 49.2 Å². The Morgan fingerprint density at radius 3 is 2.65 bits per heavy atom. The molecule has 1 aliphatic heterocycles. The van der Waals surface area contributed by atoms with Gasteiger partial charge >= 0.3 is 0 Å². The van der Waals surface area contributed by atoms with Gasteiger partial charge in [0.05, 0.1) is 29.3 Å². The molecule has 8 heteroatoms. The van der Waals surface area contributed by atoms with E-state index in [0.29, 0.717) is 40.7 Å². The summed E-state index contributed by atoms with van der Waals surface area (Å²) in [5, 5.41) is 3.07.